The molecular formula is C12H14ClN3O. The Labute approximate surface area is 105 Å². The number of aromatic nitrogens is 2. The predicted octanol–water partition coefficient (Wildman–Crippen LogP) is 1.91. The van der Waals surface area contributed by atoms with E-state index in [1.165, 1.54) is 0 Å². The number of carbonyl (C=O) groups is 1. The molecule has 0 fully saturated rings. The predicted molar refractivity (Wildman–Crippen MR) is 69.1 cm³/mol. The zero-order valence-corrected chi connectivity index (χ0v) is 10.5. The van der Waals surface area contributed by atoms with Crippen LogP contribution in [0.2, 0.25) is 0 Å². The molecule has 0 aliphatic carbocycles. The van der Waals surface area contributed by atoms with Crippen LogP contribution in [-0.2, 0) is 4.79 Å². The van der Waals surface area contributed by atoms with E-state index in [4.69, 9.17) is 11.6 Å². The number of halogens is 1. The van der Waals surface area contributed by atoms with Crippen LogP contribution < -0.4 is 5.32 Å². The molecule has 1 heterocycles. The quantitative estimate of drug-likeness (QED) is 0.788. The van der Waals surface area contributed by atoms with Gasteiger partial charge in [0.15, 0.2) is 0 Å². The summed E-state index contributed by atoms with van der Waals surface area (Å²) in [4.78, 5) is 18.2. The molecule has 0 bridgehead atoms. The first-order valence-electron chi connectivity index (χ1n) is 5.12. The third-order valence-electron chi connectivity index (χ3n) is 2.14. The van der Waals surface area contributed by atoms with Crippen LogP contribution >= 0.6 is 11.6 Å². The number of fused-ring (bicyclic) bond motifs is 1. The van der Waals surface area contributed by atoms with E-state index >= 15 is 0 Å². The van der Waals surface area contributed by atoms with Crippen molar-refractivity contribution in [2.75, 3.05) is 12.9 Å². The van der Waals surface area contributed by atoms with Gasteiger partial charge in [0.1, 0.15) is 12.2 Å². The summed E-state index contributed by atoms with van der Waals surface area (Å²) < 4.78 is 0. The number of hydrogen-bond donors (Lipinski definition) is 1. The number of aryl methyl sites for hydroxylation is 1. The Morgan fingerprint density at radius 2 is 2.06 bits per heavy atom. The maximum Gasteiger partial charge on any atom is 0.234 e. The lowest BCUT2D eigenvalue weighted by atomic mass is 10.2. The molecular weight excluding hydrogens is 238 g/mol. The van der Waals surface area contributed by atoms with Gasteiger partial charge in [0.25, 0.3) is 0 Å². The SMILES string of the molecule is CNC(=O)CCl.Cc1ncnc2ccccc12. The molecule has 17 heavy (non-hydrogen) atoms. The monoisotopic (exact) mass is 251 g/mol. The Balaban J connectivity index is 0.000000209. The number of nitrogens with one attached hydrogen (secondary N) is 1. The fourth-order valence-corrected chi connectivity index (χ4v) is 1.34. The summed E-state index contributed by atoms with van der Waals surface area (Å²) in [5, 5.41) is 3.48. The van der Waals surface area contributed by atoms with Gasteiger partial charge in [-0.1, -0.05) is 18.2 Å². The van der Waals surface area contributed by atoms with Gasteiger partial charge in [-0.05, 0) is 13.0 Å². The Bertz CT molecular complexity index is 491. The van der Waals surface area contributed by atoms with Crippen molar-refractivity contribution in [1.82, 2.24) is 15.3 Å². The number of benzene rings is 1. The third kappa shape index (κ3) is 4.00. The van der Waals surface area contributed by atoms with Crippen LogP contribution in [0, 0.1) is 6.92 Å². The number of alkyl halides is 1. The molecule has 0 unspecified atom stereocenters. The minimum Gasteiger partial charge on any atom is -0.358 e. The molecule has 5 heteroatoms. The van der Waals surface area contributed by atoms with E-state index < -0.39 is 0 Å². The van der Waals surface area contributed by atoms with Gasteiger partial charge < -0.3 is 5.32 Å². The minimum absolute atomic E-state index is 0.0521. The third-order valence-corrected chi connectivity index (χ3v) is 2.38. The van der Waals surface area contributed by atoms with Gasteiger partial charge in [0.2, 0.25) is 5.91 Å². The van der Waals surface area contributed by atoms with Gasteiger partial charge in [-0.2, -0.15) is 0 Å². The summed E-state index contributed by atoms with van der Waals surface area (Å²) in [5.41, 5.74) is 2.05. The maximum absolute atomic E-state index is 9.94. The summed E-state index contributed by atoms with van der Waals surface area (Å²) >= 11 is 5.04. The summed E-state index contributed by atoms with van der Waals surface area (Å²) in [6.45, 7) is 1.99. The molecule has 0 radical (unpaired) electrons. The molecule has 1 aromatic carbocycles. The molecule has 1 aromatic heterocycles. The highest BCUT2D eigenvalue weighted by Gasteiger charge is 1.94. The van der Waals surface area contributed by atoms with Crippen LogP contribution in [-0.4, -0.2) is 28.8 Å². The van der Waals surface area contributed by atoms with Crippen molar-refractivity contribution in [2.45, 2.75) is 6.92 Å². The van der Waals surface area contributed by atoms with Gasteiger partial charge in [-0.15, -0.1) is 11.6 Å². The lowest BCUT2D eigenvalue weighted by Crippen LogP contribution is -2.18. The zero-order valence-electron chi connectivity index (χ0n) is 9.77. The van der Waals surface area contributed by atoms with Gasteiger partial charge in [-0.25, -0.2) is 9.97 Å². The van der Waals surface area contributed by atoms with Crippen molar-refractivity contribution < 1.29 is 4.79 Å². The molecule has 1 N–H and O–H groups in total. The first-order valence-corrected chi connectivity index (χ1v) is 5.65. The number of para-hydroxylation sites is 1. The van der Waals surface area contributed by atoms with Crippen LogP contribution in [0.3, 0.4) is 0 Å². The summed E-state index contributed by atoms with van der Waals surface area (Å²) in [6.07, 6.45) is 1.59. The Kier molecular flexibility index (Phi) is 5.36. The molecule has 0 spiro atoms. The standard InChI is InChI=1S/C9H8N2.C3H6ClNO/c1-7-8-4-2-3-5-9(8)11-6-10-7;1-5-3(6)2-4/h2-6H,1H3;2H2,1H3,(H,5,6). The number of rotatable bonds is 1. The van der Waals surface area contributed by atoms with Crippen molar-refractivity contribution in [2.24, 2.45) is 0 Å². The molecule has 0 aliphatic heterocycles. The highest BCUT2D eigenvalue weighted by Crippen LogP contribution is 2.11. The van der Waals surface area contributed by atoms with Crippen LogP contribution in [0.4, 0.5) is 0 Å². The average molecular weight is 252 g/mol. The van der Waals surface area contributed by atoms with E-state index in [0.717, 1.165) is 16.6 Å². The second-order valence-electron chi connectivity index (χ2n) is 3.28. The minimum atomic E-state index is -0.142. The largest absolute Gasteiger partial charge is 0.358 e. The smallest absolute Gasteiger partial charge is 0.234 e. The molecule has 90 valence electrons. The molecule has 2 rings (SSSR count). The molecule has 2 aromatic rings. The lowest BCUT2D eigenvalue weighted by Gasteiger charge is -1.96. The van der Waals surface area contributed by atoms with Crippen molar-refractivity contribution in [3.63, 3.8) is 0 Å². The number of amides is 1. The lowest BCUT2D eigenvalue weighted by molar-refractivity contribution is -0.118. The van der Waals surface area contributed by atoms with Crippen LogP contribution in [0.5, 0.6) is 0 Å². The molecule has 0 saturated heterocycles. The van der Waals surface area contributed by atoms with Crippen molar-refractivity contribution in [1.29, 1.82) is 0 Å². The van der Waals surface area contributed by atoms with E-state index in [1.54, 1.807) is 13.4 Å². The first-order chi connectivity index (χ1) is 8.19. The second kappa shape index (κ2) is 6.81. The molecule has 1 amide bonds. The highest BCUT2D eigenvalue weighted by molar-refractivity contribution is 6.27. The van der Waals surface area contributed by atoms with E-state index in [1.807, 2.05) is 31.2 Å². The molecule has 0 aliphatic rings. The van der Waals surface area contributed by atoms with Gasteiger partial charge in [-0.3, -0.25) is 4.79 Å². The average Bonchev–Trinajstić information content (AvgIpc) is 2.39. The van der Waals surface area contributed by atoms with E-state index in [0.29, 0.717) is 0 Å². The van der Waals surface area contributed by atoms with Gasteiger partial charge >= 0.3 is 0 Å². The second-order valence-corrected chi connectivity index (χ2v) is 3.55. The fraction of sp³-hybridized carbons (Fsp3) is 0.250. The van der Waals surface area contributed by atoms with Crippen LogP contribution in [0.15, 0.2) is 30.6 Å². The van der Waals surface area contributed by atoms with E-state index in [2.05, 4.69) is 15.3 Å². The number of hydrogen-bond acceptors (Lipinski definition) is 3. The van der Waals surface area contributed by atoms with Crippen molar-refractivity contribution >= 4 is 28.4 Å². The topological polar surface area (TPSA) is 54.9 Å². The Hall–Kier alpha value is -1.68. The summed E-state index contributed by atoms with van der Waals surface area (Å²) in [6, 6.07) is 8.00. The van der Waals surface area contributed by atoms with Crippen LogP contribution in [0.1, 0.15) is 5.69 Å². The van der Waals surface area contributed by atoms with Crippen LogP contribution in [0.25, 0.3) is 10.9 Å². The summed E-state index contributed by atoms with van der Waals surface area (Å²) in [7, 11) is 1.55. The highest BCUT2D eigenvalue weighted by atomic mass is 35.5. The van der Waals surface area contributed by atoms with E-state index in [9.17, 15) is 4.79 Å². The van der Waals surface area contributed by atoms with E-state index in [-0.39, 0.29) is 11.8 Å². The fourth-order valence-electron chi connectivity index (χ4n) is 1.21. The normalized spacial score (nSPS) is 9.35. The maximum atomic E-state index is 9.94. The first kappa shape index (κ1) is 13.4. The Morgan fingerprint density at radius 1 is 1.35 bits per heavy atom. The number of carbonyl (C=O) groups excluding carboxylic acids is 1. The molecule has 0 atom stereocenters. The number of nitrogens with zero attached hydrogens (tertiary/aromatic N) is 2. The Morgan fingerprint density at radius 3 is 2.59 bits per heavy atom. The van der Waals surface area contributed by atoms with Gasteiger partial charge in [0, 0.05) is 18.1 Å². The molecule has 0 saturated carbocycles. The van der Waals surface area contributed by atoms with Crippen molar-refractivity contribution in [3.05, 3.63) is 36.3 Å². The van der Waals surface area contributed by atoms with Crippen molar-refractivity contribution in [3.8, 4) is 0 Å². The zero-order chi connectivity index (χ0) is 12.7. The summed E-state index contributed by atoms with van der Waals surface area (Å²) in [5.74, 6) is -0.0899. The molecule has 4 nitrogen and oxygen atoms in total. The van der Waals surface area contributed by atoms with Gasteiger partial charge in [0.05, 0.1) is 5.52 Å².